The lowest BCUT2D eigenvalue weighted by molar-refractivity contribution is 0.510. The molecule has 102 valence electrons. The molecule has 2 rings (SSSR count). The van der Waals surface area contributed by atoms with Crippen molar-refractivity contribution in [2.75, 3.05) is 5.73 Å². The highest BCUT2D eigenvalue weighted by Crippen LogP contribution is 2.27. The molecule has 3 heteroatoms. The Morgan fingerprint density at radius 2 is 1.89 bits per heavy atom. The molecule has 0 saturated carbocycles. The van der Waals surface area contributed by atoms with Gasteiger partial charge >= 0.3 is 0 Å². The van der Waals surface area contributed by atoms with Crippen LogP contribution in [0.2, 0.25) is 0 Å². The smallest absolute Gasteiger partial charge is 0.131 e. The maximum atomic E-state index is 6.32. The molecule has 1 aromatic heterocycles. The van der Waals surface area contributed by atoms with Crippen LogP contribution in [0.15, 0.2) is 30.3 Å². The average molecular weight is 257 g/mol. The fourth-order valence-electron chi connectivity index (χ4n) is 2.31. The molecule has 0 saturated heterocycles. The normalized spacial score (nSPS) is 11.2. The molecular formula is C16H23N3. The van der Waals surface area contributed by atoms with Gasteiger partial charge in [-0.3, -0.25) is 0 Å². The quantitative estimate of drug-likeness (QED) is 0.886. The molecule has 0 bridgehead atoms. The van der Waals surface area contributed by atoms with Gasteiger partial charge in [0.2, 0.25) is 0 Å². The van der Waals surface area contributed by atoms with E-state index in [4.69, 9.17) is 10.7 Å². The SMILES string of the molecule is CCCc1nc(-c2ccccc2)c(N)n1CC(C)C. The summed E-state index contributed by atoms with van der Waals surface area (Å²) in [5, 5.41) is 0. The van der Waals surface area contributed by atoms with Crippen LogP contribution in [-0.4, -0.2) is 9.55 Å². The molecule has 0 aliphatic rings. The number of aromatic nitrogens is 2. The summed E-state index contributed by atoms with van der Waals surface area (Å²) < 4.78 is 2.18. The summed E-state index contributed by atoms with van der Waals surface area (Å²) in [6.45, 7) is 7.52. The van der Waals surface area contributed by atoms with E-state index in [9.17, 15) is 0 Å². The first-order valence-electron chi connectivity index (χ1n) is 7.03. The van der Waals surface area contributed by atoms with Crippen molar-refractivity contribution >= 4 is 5.82 Å². The second-order valence-electron chi connectivity index (χ2n) is 5.38. The number of imidazole rings is 1. The van der Waals surface area contributed by atoms with Gasteiger partial charge in [0.1, 0.15) is 17.3 Å². The molecule has 1 aromatic carbocycles. The lowest BCUT2D eigenvalue weighted by Gasteiger charge is -2.11. The standard InChI is InChI=1S/C16H23N3/c1-4-8-14-18-15(13-9-6-5-7-10-13)16(17)19(14)11-12(2)3/h5-7,9-10,12H,4,8,11,17H2,1-3H3. The van der Waals surface area contributed by atoms with Gasteiger partial charge in [0, 0.05) is 18.5 Å². The van der Waals surface area contributed by atoms with Crippen LogP contribution in [0.4, 0.5) is 5.82 Å². The number of hydrogen-bond donors (Lipinski definition) is 1. The molecule has 0 aliphatic heterocycles. The van der Waals surface area contributed by atoms with Gasteiger partial charge in [-0.05, 0) is 12.3 Å². The Morgan fingerprint density at radius 1 is 1.21 bits per heavy atom. The Labute approximate surface area is 115 Å². The molecule has 0 radical (unpaired) electrons. The van der Waals surface area contributed by atoms with Crippen molar-refractivity contribution in [3.8, 4) is 11.3 Å². The summed E-state index contributed by atoms with van der Waals surface area (Å²) in [4.78, 5) is 4.76. The van der Waals surface area contributed by atoms with Crippen molar-refractivity contribution in [3.05, 3.63) is 36.2 Å². The maximum Gasteiger partial charge on any atom is 0.131 e. The van der Waals surface area contributed by atoms with Crippen LogP contribution in [-0.2, 0) is 13.0 Å². The molecule has 1 heterocycles. The maximum absolute atomic E-state index is 6.32. The zero-order valence-electron chi connectivity index (χ0n) is 12.1. The van der Waals surface area contributed by atoms with Crippen LogP contribution in [0.5, 0.6) is 0 Å². The molecule has 19 heavy (non-hydrogen) atoms. The van der Waals surface area contributed by atoms with Crippen molar-refractivity contribution in [1.29, 1.82) is 0 Å². The summed E-state index contributed by atoms with van der Waals surface area (Å²) in [6.07, 6.45) is 2.06. The van der Waals surface area contributed by atoms with Crippen molar-refractivity contribution < 1.29 is 0 Å². The van der Waals surface area contributed by atoms with Gasteiger partial charge in [-0.15, -0.1) is 0 Å². The van der Waals surface area contributed by atoms with E-state index in [1.807, 2.05) is 18.2 Å². The minimum Gasteiger partial charge on any atom is -0.383 e. The van der Waals surface area contributed by atoms with E-state index in [2.05, 4.69) is 37.5 Å². The lowest BCUT2D eigenvalue weighted by atomic mass is 10.1. The van der Waals surface area contributed by atoms with E-state index in [-0.39, 0.29) is 0 Å². The summed E-state index contributed by atoms with van der Waals surface area (Å²) in [5.74, 6) is 2.46. The zero-order valence-corrected chi connectivity index (χ0v) is 12.1. The summed E-state index contributed by atoms with van der Waals surface area (Å²) in [5.41, 5.74) is 8.33. The van der Waals surface area contributed by atoms with Crippen LogP contribution in [0, 0.1) is 5.92 Å². The van der Waals surface area contributed by atoms with Crippen LogP contribution in [0.25, 0.3) is 11.3 Å². The number of rotatable bonds is 5. The Hall–Kier alpha value is -1.77. The van der Waals surface area contributed by atoms with Crippen molar-refractivity contribution in [2.24, 2.45) is 5.92 Å². The van der Waals surface area contributed by atoms with Gasteiger partial charge in [0.05, 0.1) is 0 Å². The van der Waals surface area contributed by atoms with Gasteiger partial charge < -0.3 is 10.3 Å². The topological polar surface area (TPSA) is 43.8 Å². The first kappa shape index (κ1) is 13.7. The van der Waals surface area contributed by atoms with Gasteiger partial charge in [0.15, 0.2) is 0 Å². The van der Waals surface area contributed by atoms with Crippen LogP contribution in [0.3, 0.4) is 0 Å². The highest BCUT2D eigenvalue weighted by Gasteiger charge is 2.16. The second kappa shape index (κ2) is 5.91. The number of aryl methyl sites for hydroxylation is 1. The van der Waals surface area contributed by atoms with Gasteiger partial charge in [-0.1, -0.05) is 51.1 Å². The van der Waals surface area contributed by atoms with E-state index < -0.39 is 0 Å². The van der Waals surface area contributed by atoms with Crippen LogP contribution < -0.4 is 5.73 Å². The zero-order chi connectivity index (χ0) is 13.8. The summed E-state index contributed by atoms with van der Waals surface area (Å²) in [7, 11) is 0. The third-order valence-corrected chi connectivity index (χ3v) is 3.15. The summed E-state index contributed by atoms with van der Waals surface area (Å²) in [6, 6.07) is 10.2. The molecule has 0 fully saturated rings. The Kier molecular flexibility index (Phi) is 4.25. The highest BCUT2D eigenvalue weighted by atomic mass is 15.1. The number of hydrogen-bond acceptors (Lipinski definition) is 2. The third kappa shape index (κ3) is 2.98. The molecule has 2 aromatic rings. The number of nitrogens with zero attached hydrogens (tertiary/aromatic N) is 2. The number of benzene rings is 1. The van der Waals surface area contributed by atoms with Gasteiger partial charge in [-0.2, -0.15) is 0 Å². The molecule has 0 unspecified atom stereocenters. The Balaban J connectivity index is 2.46. The van der Waals surface area contributed by atoms with Crippen LogP contribution >= 0.6 is 0 Å². The van der Waals surface area contributed by atoms with Gasteiger partial charge in [0.25, 0.3) is 0 Å². The molecule has 0 spiro atoms. The van der Waals surface area contributed by atoms with Crippen molar-refractivity contribution in [2.45, 2.75) is 40.2 Å². The average Bonchev–Trinajstić information content (AvgIpc) is 2.69. The predicted molar refractivity (Wildman–Crippen MR) is 80.9 cm³/mol. The molecule has 0 amide bonds. The molecule has 0 atom stereocenters. The second-order valence-corrected chi connectivity index (χ2v) is 5.38. The molecule has 3 nitrogen and oxygen atoms in total. The van der Waals surface area contributed by atoms with Gasteiger partial charge in [-0.25, -0.2) is 4.98 Å². The summed E-state index contributed by atoms with van der Waals surface area (Å²) >= 11 is 0. The predicted octanol–water partition coefficient (Wildman–Crippen LogP) is 3.74. The fourth-order valence-corrected chi connectivity index (χ4v) is 2.31. The van der Waals surface area contributed by atoms with Crippen LogP contribution in [0.1, 0.15) is 33.0 Å². The molecule has 2 N–H and O–H groups in total. The van der Waals surface area contributed by atoms with E-state index in [0.29, 0.717) is 5.92 Å². The Morgan fingerprint density at radius 3 is 2.47 bits per heavy atom. The van der Waals surface area contributed by atoms with E-state index in [1.54, 1.807) is 0 Å². The largest absolute Gasteiger partial charge is 0.383 e. The Bertz CT molecular complexity index is 526. The lowest BCUT2D eigenvalue weighted by Crippen LogP contribution is -2.11. The fraction of sp³-hybridized carbons (Fsp3) is 0.438. The number of nitrogen functional groups attached to an aromatic ring is 1. The number of nitrogens with two attached hydrogens (primary N) is 1. The molecular weight excluding hydrogens is 234 g/mol. The first-order valence-corrected chi connectivity index (χ1v) is 7.03. The number of anilines is 1. The van der Waals surface area contributed by atoms with Crippen molar-refractivity contribution in [1.82, 2.24) is 9.55 Å². The minimum absolute atomic E-state index is 0.565. The van der Waals surface area contributed by atoms with E-state index in [1.165, 1.54) is 0 Å². The molecule has 0 aliphatic carbocycles. The van der Waals surface area contributed by atoms with E-state index >= 15 is 0 Å². The van der Waals surface area contributed by atoms with E-state index in [0.717, 1.165) is 42.3 Å². The monoisotopic (exact) mass is 257 g/mol. The first-order chi connectivity index (χ1) is 9.13. The van der Waals surface area contributed by atoms with Crippen molar-refractivity contribution in [3.63, 3.8) is 0 Å². The minimum atomic E-state index is 0.565. The highest BCUT2D eigenvalue weighted by molar-refractivity contribution is 5.70. The third-order valence-electron chi connectivity index (χ3n) is 3.15.